The molecule has 1 aliphatic rings. The van der Waals surface area contributed by atoms with Crippen LogP contribution in [0.4, 0.5) is 4.39 Å². The zero-order chi connectivity index (χ0) is 10.7. The van der Waals surface area contributed by atoms with E-state index in [1.54, 1.807) is 12.1 Å². The van der Waals surface area contributed by atoms with Gasteiger partial charge in [-0.25, -0.2) is 4.39 Å². The van der Waals surface area contributed by atoms with Crippen molar-refractivity contribution in [2.45, 2.75) is 32.2 Å². The molecule has 15 heavy (non-hydrogen) atoms. The highest BCUT2D eigenvalue weighted by Gasteiger charge is 2.25. The van der Waals surface area contributed by atoms with Crippen LogP contribution in [0, 0.1) is 11.7 Å². The van der Waals surface area contributed by atoms with Crippen LogP contribution in [0.25, 0.3) is 0 Å². The molecule has 82 valence electrons. The lowest BCUT2D eigenvalue weighted by molar-refractivity contribution is 0.427. The highest BCUT2D eigenvalue weighted by atomic mass is 19.1. The van der Waals surface area contributed by atoms with Gasteiger partial charge in [0.25, 0.3) is 0 Å². The normalized spacial score (nSPS) is 25.7. The van der Waals surface area contributed by atoms with Crippen LogP contribution in [0.15, 0.2) is 24.3 Å². The number of rotatable bonds is 3. The quantitative estimate of drug-likeness (QED) is 0.803. The highest BCUT2D eigenvalue weighted by Crippen LogP contribution is 2.22. The fourth-order valence-corrected chi connectivity index (χ4v) is 2.45. The molecule has 0 radical (unpaired) electrons. The van der Waals surface area contributed by atoms with E-state index < -0.39 is 0 Å². The number of hydrogen-bond acceptors (Lipinski definition) is 1. The first-order valence-corrected chi connectivity index (χ1v) is 5.78. The minimum absolute atomic E-state index is 0.0685. The fourth-order valence-electron chi connectivity index (χ4n) is 2.45. The molecule has 0 aliphatic carbocycles. The van der Waals surface area contributed by atoms with Crippen molar-refractivity contribution >= 4 is 0 Å². The Morgan fingerprint density at radius 1 is 1.40 bits per heavy atom. The van der Waals surface area contributed by atoms with Crippen molar-refractivity contribution in [3.8, 4) is 0 Å². The zero-order valence-electron chi connectivity index (χ0n) is 9.17. The number of benzene rings is 1. The third-order valence-electron chi connectivity index (χ3n) is 3.41. The molecular formula is C13H18FN. The average molecular weight is 207 g/mol. The van der Waals surface area contributed by atoms with Crippen LogP contribution in [0.3, 0.4) is 0 Å². The summed E-state index contributed by atoms with van der Waals surface area (Å²) in [6.45, 7) is 3.30. The largest absolute Gasteiger partial charge is 0.313 e. The molecule has 2 unspecified atom stereocenters. The van der Waals surface area contributed by atoms with Gasteiger partial charge in [0.1, 0.15) is 5.82 Å². The van der Waals surface area contributed by atoms with E-state index in [-0.39, 0.29) is 5.82 Å². The molecule has 0 aromatic heterocycles. The fraction of sp³-hybridized carbons (Fsp3) is 0.538. The highest BCUT2D eigenvalue weighted by molar-refractivity contribution is 5.19. The zero-order valence-corrected chi connectivity index (χ0v) is 9.17. The molecular weight excluding hydrogens is 189 g/mol. The van der Waals surface area contributed by atoms with E-state index in [1.165, 1.54) is 12.8 Å². The van der Waals surface area contributed by atoms with Crippen LogP contribution < -0.4 is 5.32 Å². The van der Waals surface area contributed by atoms with Crippen molar-refractivity contribution < 1.29 is 4.39 Å². The van der Waals surface area contributed by atoms with E-state index in [2.05, 4.69) is 12.2 Å². The maximum absolute atomic E-state index is 13.4. The van der Waals surface area contributed by atoms with Gasteiger partial charge in [0, 0.05) is 6.04 Å². The van der Waals surface area contributed by atoms with E-state index in [0.717, 1.165) is 18.5 Å². The minimum atomic E-state index is -0.0685. The SMILES string of the molecule is CCC1CCNC1Cc1ccccc1F. The van der Waals surface area contributed by atoms with Gasteiger partial charge in [0.2, 0.25) is 0 Å². The van der Waals surface area contributed by atoms with Crippen molar-refractivity contribution in [1.82, 2.24) is 5.32 Å². The van der Waals surface area contributed by atoms with Gasteiger partial charge in [-0.15, -0.1) is 0 Å². The lowest BCUT2D eigenvalue weighted by Gasteiger charge is -2.18. The molecule has 2 heteroatoms. The number of halogens is 1. The Morgan fingerprint density at radius 2 is 2.20 bits per heavy atom. The lowest BCUT2D eigenvalue weighted by atomic mass is 9.92. The van der Waals surface area contributed by atoms with E-state index in [4.69, 9.17) is 0 Å². The molecule has 1 aromatic rings. The first-order chi connectivity index (χ1) is 7.31. The summed E-state index contributed by atoms with van der Waals surface area (Å²) in [5.41, 5.74) is 0.843. The molecule has 0 spiro atoms. The summed E-state index contributed by atoms with van der Waals surface area (Å²) in [5.74, 6) is 0.644. The van der Waals surface area contributed by atoms with Crippen LogP contribution in [0.1, 0.15) is 25.3 Å². The first kappa shape index (κ1) is 10.6. The maximum atomic E-state index is 13.4. The molecule has 2 rings (SSSR count). The van der Waals surface area contributed by atoms with Crippen molar-refractivity contribution in [3.63, 3.8) is 0 Å². The predicted molar refractivity (Wildman–Crippen MR) is 60.3 cm³/mol. The summed E-state index contributed by atoms with van der Waals surface area (Å²) < 4.78 is 13.4. The number of hydrogen-bond donors (Lipinski definition) is 1. The van der Waals surface area contributed by atoms with Gasteiger partial charge in [-0.3, -0.25) is 0 Å². The summed E-state index contributed by atoms with van der Waals surface area (Å²) in [6, 6.07) is 7.56. The molecule has 1 aromatic carbocycles. The topological polar surface area (TPSA) is 12.0 Å². The van der Waals surface area contributed by atoms with Gasteiger partial charge in [0.05, 0.1) is 0 Å². The Hall–Kier alpha value is -0.890. The standard InChI is InChI=1S/C13H18FN/c1-2-10-7-8-15-13(10)9-11-5-3-4-6-12(11)14/h3-6,10,13,15H,2,7-9H2,1H3. The van der Waals surface area contributed by atoms with Gasteiger partial charge in [-0.05, 0) is 36.9 Å². The second-order valence-corrected chi connectivity index (χ2v) is 4.31. The Labute approximate surface area is 90.7 Å². The lowest BCUT2D eigenvalue weighted by Crippen LogP contribution is -2.29. The molecule has 2 atom stereocenters. The summed E-state index contributed by atoms with van der Waals surface area (Å²) >= 11 is 0. The van der Waals surface area contributed by atoms with Gasteiger partial charge in [-0.1, -0.05) is 31.5 Å². The van der Waals surface area contributed by atoms with E-state index >= 15 is 0 Å². The minimum Gasteiger partial charge on any atom is -0.313 e. The molecule has 1 aliphatic heterocycles. The summed E-state index contributed by atoms with van der Waals surface area (Å²) in [5, 5.41) is 3.47. The van der Waals surface area contributed by atoms with Crippen molar-refractivity contribution in [1.29, 1.82) is 0 Å². The Bertz CT molecular complexity index is 324. The van der Waals surface area contributed by atoms with Gasteiger partial charge >= 0.3 is 0 Å². The molecule has 1 N–H and O–H groups in total. The number of nitrogens with one attached hydrogen (secondary N) is 1. The van der Waals surface area contributed by atoms with Crippen LogP contribution in [0.5, 0.6) is 0 Å². The first-order valence-electron chi connectivity index (χ1n) is 5.78. The van der Waals surface area contributed by atoms with Crippen LogP contribution >= 0.6 is 0 Å². The van der Waals surface area contributed by atoms with Crippen LogP contribution in [-0.4, -0.2) is 12.6 Å². The summed E-state index contributed by atoms with van der Waals surface area (Å²) in [6.07, 6.45) is 3.24. The van der Waals surface area contributed by atoms with E-state index in [0.29, 0.717) is 12.0 Å². The van der Waals surface area contributed by atoms with Gasteiger partial charge in [-0.2, -0.15) is 0 Å². The van der Waals surface area contributed by atoms with Crippen molar-refractivity contribution in [3.05, 3.63) is 35.6 Å². The van der Waals surface area contributed by atoms with E-state index in [1.807, 2.05) is 12.1 Å². The second kappa shape index (κ2) is 4.75. The van der Waals surface area contributed by atoms with E-state index in [9.17, 15) is 4.39 Å². The molecule has 0 saturated carbocycles. The predicted octanol–water partition coefficient (Wildman–Crippen LogP) is 2.76. The Balaban J connectivity index is 2.05. The summed E-state index contributed by atoms with van der Waals surface area (Å²) in [4.78, 5) is 0. The second-order valence-electron chi connectivity index (χ2n) is 4.31. The molecule has 0 amide bonds. The summed E-state index contributed by atoms with van der Waals surface area (Å²) in [7, 11) is 0. The average Bonchev–Trinajstić information content (AvgIpc) is 2.69. The van der Waals surface area contributed by atoms with Crippen LogP contribution in [-0.2, 0) is 6.42 Å². The Kier molecular flexibility index (Phi) is 3.37. The van der Waals surface area contributed by atoms with Gasteiger partial charge in [0.15, 0.2) is 0 Å². The third-order valence-corrected chi connectivity index (χ3v) is 3.41. The van der Waals surface area contributed by atoms with Gasteiger partial charge < -0.3 is 5.32 Å². The van der Waals surface area contributed by atoms with Crippen molar-refractivity contribution in [2.24, 2.45) is 5.92 Å². The monoisotopic (exact) mass is 207 g/mol. The molecule has 1 nitrogen and oxygen atoms in total. The molecule has 0 bridgehead atoms. The third kappa shape index (κ3) is 2.37. The Morgan fingerprint density at radius 3 is 2.93 bits per heavy atom. The maximum Gasteiger partial charge on any atom is 0.126 e. The molecule has 1 fully saturated rings. The van der Waals surface area contributed by atoms with Crippen molar-refractivity contribution in [2.75, 3.05) is 6.54 Å². The molecule has 1 saturated heterocycles. The van der Waals surface area contributed by atoms with Crippen LogP contribution in [0.2, 0.25) is 0 Å². The molecule has 1 heterocycles. The smallest absolute Gasteiger partial charge is 0.126 e.